The standard InChI is InChI=1S/C17H35N/c1-5-6-7-8-9-10-16(4)18-17-12-11-14(2)15(3)13-17/h14-18H,5-13H2,1-4H3. The number of rotatable bonds is 8. The van der Waals surface area contributed by atoms with Crippen molar-refractivity contribution in [3.8, 4) is 0 Å². The molecule has 4 atom stereocenters. The summed E-state index contributed by atoms with van der Waals surface area (Å²) in [6, 6.07) is 1.51. The van der Waals surface area contributed by atoms with Gasteiger partial charge in [0.1, 0.15) is 0 Å². The number of hydrogen-bond donors (Lipinski definition) is 1. The van der Waals surface area contributed by atoms with Crippen LogP contribution in [0.1, 0.15) is 85.5 Å². The molecule has 4 unspecified atom stereocenters. The van der Waals surface area contributed by atoms with Crippen molar-refractivity contribution < 1.29 is 0 Å². The SMILES string of the molecule is CCCCCCCC(C)NC1CCC(C)C(C)C1. The summed E-state index contributed by atoms with van der Waals surface area (Å²) in [7, 11) is 0. The van der Waals surface area contributed by atoms with E-state index in [0.29, 0.717) is 0 Å². The van der Waals surface area contributed by atoms with E-state index in [0.717, 1.165) is 23.9 Å². The summed E-state index contributed by atoms with van der Waals surface area (Å²) >= 11 is 0. The van der Waals surface area contributed by atoms with Gasteiger partial charge in [-0.25, -0.2) is 0 Å². The van der Waals surface area contributed by atoms with Crippen molar-refractivity contribution in [1.29, 1.82) is 0 Å². The summed E-state index contributed by atoms with van der Waals surface area (Å²) in [5.41, 5.74) is 0. The summed E-state index contributed by atoms with van der Waals surface area (Å²) in [5, 5.41) is 3.86. The van der Waals surface area contributed by atoms with Crippen molar-refractivity contribution in [1.82, 2.24) is 5.32 Å². The van der Waals surface area contributed by atoms with Gasteiger partial charge in [0, 0.05) is 12.1 Å². The Morgan fingerprint density at radius 3 is 2.39 bits per heavy atom. The molecule has 1 aliphatic carbocycles. The quantitative estimate of drug-likeness (QED) is 0.590. The Kier molecular flexibility index (Phi) is 7.97. The van der Waals surface area contributed by atoms with Crippen LogP contribution >= 0.6 is 0 Å². The Balaban J connectivity index is 2.07. The molecule has 1 N–H and O–H groups in total. The van der Waals surface area contributed by atoms with Gasteiger partial charge in [0.25, 0.3) is 0 Å². The number of nitrogens with one attached hydrogen (secondary N) is 1. The van der Waals surface area contributed by atoms with E-state index in [1.165, 1.54) is 57.8 Å². The van der Waals surface area contributed by atoms with E-state index < -0.39 is 0 Å². The minimum Gasteiger partial charge on any atom is -0.311 e. The lowest BCUT2D eigenvalue weighted by molar-refractivity contribution is 0.214. The fourth-order valence-corrected chi connectivity index (χ4v) is 3.24. The average Bonchev–Trinajstić information content (AvgIpc) is 2.34. The van der Waals surface area contributed by atoms with Crippen molar-refractivity contribution in [3.63, 3.8) is 0 Å². The van der Waals surface area contributed by atoms with Crippen LogP contribution in [0.25, 0.3) is 0 Å². The normalized spacial score (nSPS) is 30.3. The van der Waals surface area contributed by atoms with E-state index in [1.54, 1.807) is 0 Å². The third kappa shape index (κ3) is 6.22. The van der Waals surface area contributed by atoms with Crippen LogP contribution in [0.4, 0.5) is 0 Å². The Morgan fingerprint density at radius 2 is 1.72 bits per heavy atom. The molecule has 1 saturated carbocycles. The van der Waals surface area contributed by atoms with Gasteiger partial charge in [-0.1, -0.05) is 52.9 Å². The molecule has 0 aromatic rings. The van der Waals surface area contributed by atoms with E-state index in [-0.39, 0.29) is 0 Å². The van der Waals surface area contributed by atoms with E-state index >= 15 is 0 Å². The van der Waals surface area contributed by atoms with Gasteiger partial charge < -0.3 is 5.32 Å². The molecule has 108 valence electrons. The maximum absolute atomic E-state index is 3.86. The van der Waals surface area contributed by atoms with E-state index in [2.05, 4.69) is 33.0 Å². The molecule has 0 heterocycles. The van der Waals surface area contributed by atoms with Crippen LogP contribution in [0, 0.1) is 11.8 Å². The molecule has 0 spiro atoms. The average molecular weight is 253 g/mol. The van der Waals surface area contributed by atoms with Gasteiger partial charge in [-0.2, -0.15) is 0 Å². The van der Waals surface area contributed by atoms with Crippen LogP contribution in [0.2, 0.25) is 0 Å². The topological polar surface area (TPSA) is 12.0 Å². The first-order valence-electron chi connectivity index (χ1n) is 8.39. The molecule has 0 aromatic carbocycles. The second-order valence-corrected chi connectivity index (χ2v) is 6.74. The molecular weight excluding hydrogens is 218 g/mol. The Morgan fingerprint density at radius 1 is 1.00 bits per heavy atom. The van der Waals surface area contributed by atoms with Gasteiger partial charge in [-0.05, 0) is 44.4 Å². The highest BCUT2D eigenvalue weighted by atomic mass is 14.9. The van der Waals surface area contributed by atoms with Crippen molar-refractivity contribution in [2.24, 2.45) is 11.8 Å². The largest absolute Gasteiger partial charge is 0.311 e. The summed E-state index contributed by atoms with van der Waals surface area (Å²) in [5.74, 6) is 1.85. The second kappa shape index (κ2) is 8.96. The Labute approximate surface area is 115 Å². The van der Waals surface area contributed by atoms with Crippen molar-refractivity contribution in [2.45, 2.75) is 97.6 Å². The predicted molar refractivity (Wildman–Crippen MR) is 81.9 cm³/mol. The fraction of sp³-hybridized carbons (Fsp3) is 1.00. The molecule has 1 fully saturated rings. The Bertz CT molecular complexity index is 202. The third-order valence-electron chi connectivity index (χ3n) is 4.86. The highest BCUT2D eigenvalue weighted by Crippen LogP contribution is 2.29. The molecule has 0 radical (unpaired) electrons. The lowest BCUT2D eigenvalue weighted by Gasteiger charge is -2.34. The van der Waals surface area contributed by atoms with Crippen LogP contribution in [0.3, 0.4) is 0 Å². The van der Waals surface area contributed by atoms with E-state index in [4.69, 9.17) is 0 Å². The zero-order valence-corrected chi connectivity index (χ0v) is 13.2. The molecule has 0 aromatic heterocycles. The molecule has 0 amide bonds. The van der Waals surface area contributed by atoms with E-state index in [9.17, 15) is 0 Å². The Hall–Kier alpha value is -0.0400. The molecule has 18 heavy (non-hydrogen) atoms. The molecule has 1 aliphatic rings. The van der Waals surface area contributed by atoms with Crippen LogP contribution in [0.5, 0.6) is 0 Å². The maximum atomic E-state index is 3.86. The molecular formula is C17H35N. The van der Waals surface area contributed by atoms with Gasteiger partial charge in [0.05, 0.1) is 0 Å². The summed E-state index contributed by atoms with van der Waals surface area (Å²) < 4.78 is 0. The maximum Gasteiger partial charge on any atom is 0.00722 e. The minimum absolute atomic E-state index is 0.720. The van der Waals surface area contributed by atoms with Crippen molar-refractivity contribution in [2.75, 3.05) is 0 Å². The van der Waals surface area contributed by atoms with Crippen LogP contribution in [-0.4, -0.2) is 12.1 Å². The van der Waals surface area contributed by atoms with Gasteiger partial charge >= 0.3 is 0 Å². The highest BCUT2D eigenvalue weighted by Gasteiger charge is 2.24. The first-order chi connectivity index (χ1) is 8.63. The monoisotopic (exact) mass is 253 g/mol. The zero-order valence-electron chi connectivity index (χ0n) is 13.2. The molecule has 0 aliphatic heterocycles. The van der Waals surface area contributed by atoms with Gasteiger partial charge in [-0.3, -0.25) is 0 Å². The summed E-state index contributed by atoms with van der Waals surface area (Å²) in [6.45, 7) is 9.50. The fourth-order valence-electron chi connectivity index (χ4n) is 3.24. The summed E-state index contributed by atoms with van der Waals surface area (Å²) in [4.78, 5) is 0. The van der Waals surface area contributed by atoms with Crippen LogP contribution in [0.15, 0.2) is 0 Å². The molecule has 1 rings (SSSR count). The molecule has 0 saturated heterocycles. The van der Waals surface area contributed by atoms with Gasteiger partial charge in [0.2, 0.25) is 0 Å². The second-order valence-electron chi connectivity index (χ2n) is 6.74. The van der Waals surface area contributed by atoms with Crippen LogP contribution in [-0.2, 0) is 0 Å². The molecule has 0 bridgehead atoms. The van der Waals surface area contributed by atoms with Gasteiger partial charge in [0.15, 0.2) is 0 Å². The lowest BCUT2D eigenvalue weighted by atomic mass is 9.79. The van der Waals surface area contributed by atoms with Crippen LogP contribution < -0.4 is 5.32 Å². The summed E-state index contributed by atoms with van der Waals surface area (Å²) in [6.07, 6.45) is 12.6. The number of unbranched alkanes of at least 4 members (excludes halogenated alkanes) is 4. The smallest absolute Gasteiger partial charge is 0.00722 e. The zero-order chi connectivity index (χ0) is 13.4. The third-order valence-corrected chi connectivity index (χ3v) is 4.86. The molecule has 1 nitrogen and oxygen atoms in total. The first kappa shape index (κ1) is 16.0. The first-order valence-corrected chi connectivity index (χ1v) is 8.39. The van der Waals surface area contributed by atoms with Crippen molar-refractivity contribution in [3.05, 3.63) is 0 Å². The van der Waals surface area contributed by atoms with E-state index in [1.807, 2.05) is 0 Å². The van der Waals surface area contributed by atoms with Gasteiger partial charge in [-0.15, -0.1) is 0 Å². The highest BCUT2D eigenvalue weighted by molar-refractivity contribution is 4.81. The predicted octanol–water partition coefficient (Wildman–Crippen LogP) is 5.15. The minimum atomic E-state index is 0.720. The lowest BCUT2D eigenvalue weighted by Crippen LogP contribution is -2.41. The number of hydrogen-bond acceptors (Lipinski definition) is 1. The molecule has 1 heteroatoms. The van der Waals surface area contributed by atoms with Crippen molar-refractivity contribution >= 4 is 0 Å².